The minimum absolute atomic E-state index is 0.136. The van der Waals surface area contributed by atoms with Crippen LogP contribution in [-0.2, 0) is 16.0 Å². The smallest absolute Gasteiger partial charge is 0.269 e. The number of carbonyl (C=O) groups excluding carboxylic acids is 2. The lowest BCUT2D eigenvalue weighted by Crippen LogP contribution is -2.48. The number of nitrogens with zero attached hydrogens (tertiary/aromatic N) is 2. The third-order valence-electron chi connectivity index (χ3n) is 4.61. The van der Waals surface area contributed by atoms with Gasteiger partial charge in [0.25, 0.3) is 5.91 Å². The SMILES string of the molecule is CC(=O)N1CC(C(=O)Nc2ncc(Cc3ccc(Cl)cc3Cl)s2)Oc2ccccc21. The van der Waals surface area contributed by atoms with Crippen molar-refractivity contribution in [3.63, 3.8) is 0 Å². The van der Waals surface area contributed by atoms with Crippen LogP contribution in [0.1, 0.15) is 17.4 Å². The van der Waals surface area contributed by atoms with E-state index < -0.39 is 6.10 Å². The largest absolute Gasteiger partial charge is 0.476 e. The van der Waals surface area contributed by atoms with Crippen molar-refractivity contribution in [1.82, 2.24) is 4.98 Å². The highest BCUT2D eigenvalue weighted by molar-refractivity contribution is 7.15. The zero-order chi connectivity index (χ0) is 21.3. The van der Waals surface area contributed by atoms with Gasteiger partial charge in [0.1, 0.15) is 5.75 Å². The summed E-state index contributed by atoms with van der Waals surface area (Å²) in [6.07, 6.45) is 1.45. The van der Waals surface area contributed by atoms with Crippen LogP contribution in [0.2, 0.25) is 10.0 Å². The number of benzene rings is 2. The quantitative estimate of drug-likeness (QED) is 0.605. The molecule has 1 atom stereocenters. The van der Waals surface area contributed by atoms with E-state index in [-0.39, 0.29) is 18.4 Å². The number of amides is 2. The third-order valence-corrected chi connectivity index (χ3v) is 6.11. The number of carbonyl (C=O) groups is 2. The molecule has 0 radical (unpaired) electrons. The summed E-state index contributed by atoms with van der Waals surface area (Å²) in [6, 6.07) is 12.5. The average molecular weight is 462 g/mol. The lowest BCUT2D eigenvalue weighted by molar-refractivity contribution is -0.123. The van der Waals surface area contributed by atoms with Crippen molar-refractivity contribution < 1.29 is 14.3 Å². The van der Waals surface area contributed by atoms with Gasteiger partial charge in [0.2, 0.25) is 5.91 Å². The number of halogens is 2. The molecule has 2 aromatic carbocycles. The predicted molar refractivity (Wildman–Crippen MR) is 119 cm³/mol. The minimum Gasteiger partial charge on any atom is -0.476 e. The van der Waals surface area contributed by atoms with Crippen molar-refractivity contribution in [2.24, 2.45) is 0 Å². The lowest BCUT2D eigenvalue weighted by atomic mass is 10.1. The average Bonchev–Trinajstić information content (AvgIpc) is 3.16. The number of rotatable bonds is 4. The van der Waals surface area contributed by atoms with Crippen LogP contribution in [0.5, 0.6) is 5.75 Å². The second kappa shape index (κ2) is 8.63. The van der Waals surface area contributed by atoms with Gasteiger partial charge in [-0.15, -0.1) is 11.3 Å². The van der Waals surface area contributed by atoms with Crippen molar-refractivity contribution >= 4 is 57.2 Å². The number of hydrogen-bond donors (Lipinski definition) is 1. The first-order chi connectivity index (χ1) is 14.4. The number of anilines is 2. The molecular formula is C21H17Cl2N3O3S. The molecule has 2 heterocycles. The number of hydrogen-bond acceptors (Lipinski definition) is 5. The van der Waals surface area contributed by atoms with Gasteiger partial charge in [-0.25, -0.2) is 4.98 Å². The van der Waals surface area contributed by atoms with Crippen molar-refractivity contribution in [2.75, 3.05) is 16.8 Å². The van der Waals surface area contributed by atoms with Crippen LogP contribution < -0.4 is 15.0 Å². The van der Waals surface area contributed by atoms with Crippen LogP contribution in [0.25, 0.3) is 0 Å². The number of nitrogens with one attached hydrogen (secondary N) is 1. The maximum atomic E-state index is 12.8. The maximum absolute atomic E-state index is 12.8. The van der Waals surface area contributed by atoms with Gasteiger partial charge < -0.3 is 9.64 Å². The van der Waals surface area contributed by atoms with Gasteiger partial charge in [-0.05, 0) is 29.8 Å². The van der Waals surface area contributed by atoms with Gasteiger partial charge >= 0.3 is 0 Å². The summed E-state index contributed by atoms with van der Waals surface area (Å²) in [7, 11) is 0. The molecule has 1 aliphatic rings. The van der Waals surface area contributed by atoms with Crippen LogP contribution in [0, 0.1) is 0 Å². The molecule has 154 valence electrons. The number of thiazole rings is 1. The van der Waals surface area contributed by atoms with E-state index in [0.29, 0.717) is 33.0 Å². The van der Waals surface area contributed by atoms with Crippen molar-refractivity contribution in [2.45, 2.75) is 19.4 Å². The van der Waals surface area contributed by atoms with Gasteiger partial charge in [0, 0.05) is 34.5 Å². The highest BCUT2D eigenvalue weighted by Gasteiger charge is 2.32. The van der Waals surface area contributed by atoms with Gasteiger partial charge in [-0.1, -0.05) is 41.4 Å². The Hall–Kier alpha value is -2.61. The van der Waals surface area contributed by atoms with Crippen LogP contribution in [0.15, 0.2) is 48.7 Å². The molecule has 1 unspecified atom stereocenters. The summed E-state index contributed by atoms with van der Waals surface area (Å²) in [5, 5.41) is 4.40. The molecule has 9 heteroatoms. The van der Waals surface area contributed by atoms with E-state index in [1.54, 1.807) is 41.4 Å². The normalized spacial score (nSPS) is 15.3. The number of para-hydroxylation sites is 2. The fourth-order valence-electron chi connectivity index (χ4n) is 3.15. The first-order valence-electron chi connectivity index (χ1n) is 9.14. The first-order valence-corrected chi connectivity index (χ1v) is 10.7. The van der Waals surface area contributed by atoms with E-state index in [1.165, 1.54) is 18.3 Å². The van der Waals surface area contributed by atoms with E-state index >= 15 is 0 Å². The molecule has 30 heavy (non-hydrogen) atoms. The predicted octanol–water partition coefficient (Wildman–Crippen LogP) is 4.79. The summed E-state index contributed by atoms with van der Waals surface area (Å²) in [5.41, 5.74) is 1.58. The minimum atomic E-state index is -0.832. The molecule has 0 saturated heterocycles. The molecule has 0 saturated carbocycles. The third kappa shape index (κ3) is 4.43. The number of ether oxygens (including phenoxy) is 1. The first kappa shape index (κ1) is 20.7. The molecule has 1 N–H and O–H groups in total. The molecule has 4 rings (SSSR count). The van der Waals surface area contributed by atoms with Crippen molar-refractivity contribution in [1.29, 1.82) is 0 Å². The van der Waals surface area contributed by atoms with E-state index in [1.807, 2.05) is 12.1 Å². The van der Waals surface area contributed by atoms with Crippen LogP contribution in [0.3, 0.4) is 0 Å². The highest BCUT2D eigenvalue weighted by atomic mass is 35.5. The van der Waals surface area contributed by atoms with Gasteiger partial charge in [0.05, 0.1) is 12.2 Å². The van der Waals surface area contributed by atoms with Crippen molar-refractivity contribution in [3.8, 4) is 5.75 Å². The van der Waals surface area contributed by atoms with E-state index in [2.05, 4.69) is 10.3 Å². The number of fused-ring (bicyclic) bond motifs is 1. The Morgan fingerprint density at radius 1 is 1.27 bits per heavy atom. The molecule has 0 fully saturated rings. The molecule has 1 aliphatic heterocycles. The summed E-state index contributed by atoms with van der Waals surface area (Å²) >= 11 is 13.5. The van der Waals surface area contributed by atoms with Gasteiger partial charge in [-0.2, -0.15) is 0 Å². The second-order valence-electron chi connectivity index (χ2n) is 6.74. The molecule has 3 aromatic rings. The lowest BCUT2D eigenvalue weighted by Gasteiger charge is -2.33. The van der Waals surface area contributed by atoms with Crippen LogP contribution in [0.4, 0.5) is 10.8 Å². The Morgan fingerprint density at radius 2 is 2.07 bits per heavy atom. The Balaban J connectivity index is 1.45. The molecule has 6 nitrogen and oxygen atoms in total. The molecular weight excluding hydrogens is 445 g/mol. The molecule has 1 aromatic heterocycles. The van der Waals surface area contributed by atoms with Crippen LogP contribution in [-0.4, -0.2) is 29.4 Å². The van der Waals surface area contributed by atoms with Crippen LogP contribution >= 0.6 is 34.5 Å². The Morgan fingerprint density at radius 3 is 2.83 bits per heavy atom. The van der Waals surface area contributed by atoms with E-state index in [0.717, 1.165) is 10.4 Å². The molecule has 2 amide bonds. The second-order valence-corrected chi connectivity index (χ2v) is 8.70. The van der Waals surface area contributed by atoms with E-state index in [9.17, 15) is 9.59 Å². The maximum Gasteiger partial charge on any atom is 0.269 e. The summed E-state index contributed by atoms with van der Waals surface area (Å²) in [4.78, 5) is 31.5. The van der Waals surface area contributed by atoms with Gasteiger partial charge in [0.15, 0.2) is 11.2 Å². The van der Waals surface area contributed by atoms with Crippen molar-refractivity contribution in [3.05, 3.63) is 69.1 Å². The molecule has 0 bridgehead atoms. The zero-order valence-corrected chi connectivity index (χ0v) is 18.2. The topological polar surface area (TPSA) is 71.5 Å². The monoisotopic (exact) mass is 461 g/mol. The summed E-state index contributed by atoms with van der Waals surface area (Å²) in [5.74, 6) is -0.0163. The standard InChI is InChI=1S/C21H17Cl2N3O3S/c1-12(27)26-11-19(29-18-5-3-2-4-17(18)26)20(28)25-21-24-10-15(30-21)8-13-6-7-14(22)9-16(13)23/h2-7,9-10,19H,8,11H2,1H3,(H,24,25,28). The summed E-state index contributed by atoms with van der Waals surface area (Å²) in [6.45, 7) is 1.60. The fraction of sp³-hybridized carbons (Fsp3) is 0.190. The number of aromatic nitrogens is 1. The Kier molecular flexibility index (Phi) is 5.94. The summed E-state index contributed by atoms with van der Waals surface area (Å²) < 4.78 is 5.82. The highest BCUT2D eigenvalue weighted by Crippen LogP contribution is 2.33. The Bertz CT molecular complexity index is 1120. The molecule has 0 spiro atoms. The zero-order valence-electron chi connectivity index (χ0n) is 15.9. The van der Waals surface area contributed by atoms with E-state index in [4.69, 9.17) is 27.9 Å². The fourth-order valence-corrected chi connectivity index (χ4v) is 4.47. The van der Waals surface area contributed by atoms with Gasteiger partial charge in [-0.3, -0.25) is 14.9 Å². The Labute approximate surface area is 187 Å². The molecule has 0 aliphatic carbocycles.